The lowest BCUT2D eigenvalue weighted by Gasteiger charge is -1.92. The van der Waals surface area contributed by atoms with Crippen LogP contribution < -0.4 is 0 Å². The quantitative estimate of drug-likeness (QED) is 0.320. The second-order valence-corrected chi connectivity index (χ2v) is 2.13. The predicted molar refractivity (Wildman–Crippen MR) is 42.1 cm³/mol. The number of hydrogen-bond acceptors (Lipinski definition) is 1. The van der Waals surface area contributed by atoms with E-state index in [-0.39, 0.29) is 0 Å². The monoisotopic (exact) mass is 125 g/mol. The van der Waals surface area contributed by atoms with Crippen LogP contribution in [-0.2, 0) is 0 Å². The zero-order chi connectivity index (χ0) is 6.95. The van der Waals surface area contributed by atoms with Gasteiger partial charge in [0.25, 0.3) is 0 Å². The van der Waals surface area contributed by atoms with Crippen LogP contribution in [-0.4, -0.2) is 6.21 Å². The standard InChI is InChI=1S/C8H15N/c1-2-3-4-5-6-7-8-9/h2,8-9H,1,3-7H2. The van der Waals surface area contributed by atoms with E-state index in [1.54, 1.807) is 0 Å². The molecule has 52 valence electrons. The number of hydrogen-bond donors (Lipinski definition) is 1. The molecular weight excluding hydrogens is 110 g/mol. The number of allylic oxidation sites excluding steroid dienone is 1. The lowest BCUT2D eigenvalue weighted by Crippen LogP contribution is -1.76. The van der Waals surface area contributed by atoms with Gasteiger partial charge in [-0.15, -0.1) is 6.58 Å². The first kappa shape index (κ1) is 8.41. The third kappa shape index (κ3) is 7.41. The van der Waals surface area contributed by atoms with Crippen LogP contribution in [0.2, 0.25) is 0 Å². The highest BCUT2D eigenvalue weighted by Crippen LogP contribution is 2.00. The third-order valence-electron chi connectivity index (χ3n) is 1.26. The summed E-state index contributed by atoms with van der Waals surface area (Å²) in [5.74, 6) is 0. The Morgan fingerprint density at radius 3 is 2.33 bits per heavy atom. The van der Waals surface area contributed by atoms with Crippen LogP contribution in [0.1, 0.15) is 32.1 Å². The van der Waals surface area contributed by atoms with Crippen molar-refractivity contribution in [2.75, 3.05) is 0 Å². The molecule has 0 aromatic rings. The van der Waals surface area contributed by atoms with E-state index in [4.69, 9.17) is 5.41 Å². The highest BCUT2D eigenvalue weighted by atomic mass is 14.3. The molecule has 9 heavy (non-hydrogen) atoms. The Balaban J connectivity index is 2.74. The van der Waals surface area contributed by atoms with E-state index in [2.05, 4.69) is 6.58 Å². The lowest BCUT2D eigenvalue weighted by molar-refractivity contribution is 0.709. The summed E-state index contributed by atoms with van der Waals surface area (Å²) in [6.45, 7) is 3.63. The van der Waals surface area contributed by atoms with Gasteiger partial charge in [-0.1, -0.05) is 12.5 Å². The largest absolute Gasteiger partial charge is 0.313 e. The summed E-state index contributed by atoms with van der Waals surface area (Å²) in [4.78, 5) is 0. The molecule has 0 aliphatic rings. The Labute approximate surface area is 57.3 Å². The van der Waals surface area contributed by atoms with E-state index >= 15 is 0 Å². The van der Waals surface area contributed by atoms with E-state index in [9.17, 15) is 0 Å². The molecule has 0 aliphatic carbocycles. The van der Waals surface area contributed by atoms with Gasteiger partial charge in [0.2, 0.25) is 0 Å². The molecule has 1 N–H and O–H groups in total. The minimum atomic E-state index is 0.942. The van der Waals surface area contributed by atoms with Crippen molar-refractivity contribution in [3.05, 3.63) is 12.7 Å². The summed E-state index contributed by atoms with van der Waals surface area (Å²) in [7, 11) is 0. The fourth-order valence-corrected chi connectivity index (χ4v) is 0.712. The van der Waals surface area contributed by atoms with E-state index in [0.717, 1.165) is 19.3 Å². The Hall–Kier alpha value is -0.590. The smallest absolute Gasteiger partial charge is 0.00477 e. The predicted octanol–water partition coefficient (Wildman–Crippen LogP) is 2.77. The summed E-state index contributed by atoms with van der Waals surface area (Å²) in [6, 6.07) is 0. The van der Waals surface area contributed by atoms with E-state index in [1.807, 2.05) is 6.08 Å². The van der Waals surface area contributed by atoms with Crippen molar-refractivity contribution in [2.45, 2.75) is 32.1 Å². The van der Waals surface area contributed by atoms with Crippen molar-refractivity contribution in [1.29, 1.82) is 5.41 Å². The maximum absolute atomic E-state index is 6.74. The molecule has 1 nitrogen and oxygen atoms in total. The molecule has 0 fully saturated rings. The topological polar surface area (TPSA) is 23.9 Å². The minimum absolute atomic E-state index is 0.942. The van der Waals surface area contributed by atoms with Crippen LogP contribution >= 0.6 is 0 Å². The van der Waals surface area contributed by atoms with Gasteiger partial charge in [-0.3, -0.25) is 0 Å². The highest BCUT2D eigenvalue weighted by molar-refractivity contribution is 5.52. The van der Waals surface area contributed by atoms with E-state index in [0.29, 0.717) is 0 Å². The highest BCUT2D eigenvalue weighted by Gasteiger charge is 1.83. The second kappa shape index (κ2) is 7.41. The van der Waals surface area contributed by atoms with Crippen LogP contribution in [0.3, 0.4) is 0 Å². The molecule has 0 rings (SSSR count). The summed E-state index contributed by atoms with van der Waals surface area (Å²) >= 11 is 0. The van der Waals surface area contributed by atoms with Crippen molar-refractivity contribution in [3.63, 3.8) is 0 Å². The molecule has 0 saturated heterocycles. The van der Waals surface area contributed by atoms with Crippen molar-refractivity contribution in [3.8, 4) is 0 Å². The Bertz CT molecular complexity index is 66.6. The van der Waals surface area contributed by atoms with Crippen molar-refractivity contribution in [1.82, 2.24) is 0 Å². The van der Waals surface area contributed by atoms with Crippen LogP contribution in [0.5, 0.6) is 0 Å². The molecule has 0 unspecified atom stereocenters. The normalized spacial score (nSPS) is 8.89. The fourth-order valence-electron chi connectivity index (χ4n) is 0.712. The van der Waals surface area contributed by atoms with Gasteiger partial charge < -0.3 is 5.41 Å². The van der Waals surface area contributed by atoms with Gasteiger partial charge in [0.15, 0.2) is 0 Å². The molecule has 0 bridgehead atoms. The minimum Gasteiger partial charge on any atom is -0.313 e. The van der Waals surface area contributed by atoms with Crippen LogP contribution in [0.15, 0.2) is 12.7 Å². The Kier molecular flexibility index (Phi) is 6.92. The van der Waals surface area contributed by atoms with Gasteiger partial charge in [-0.25, -0.2) is 0 Å². The molecule has 1 heteroatoms. The fraction of sp³-hybridized carbons (Fsp3) is 0.625. The third-order valence-corrected chi connectivity index (χ3v) is 1.26. The maximum Gasteiger partial charge on any atom is -0.00477 e. The molecule has 0 saturated carbocycles. The summed E-state index contributed by atoms with van der Waals surface area (Å²) in [5, 5.41) is 6.74. The summed E-state index contributed by atoms with van der Waals surface area (Å²) < 4.78 is 0. The number of rotatable bonds is 6. The summed E-state index contributed by atoms with van der Waals surface area (Å²) in [5.41, 5.74) is 0. The van der Waals surface area contributed by atoms with E-state index in [1.165, 1.54) is 19.1 Å². The molecule has 0 heterocycles. The second-order valence-electron chi connectivity index (χ2n) is 2.13. The van der Waals surface area contributed by atoms with Gasteiger partial charge in [0, 0.05) is 0 Å². The lowest BCUT2D eigenvalue weighted by atomic mass is 10.1. The zero-order valence-corrected chi connectivity index (χ0v) is 5.90. The average molecular weight is 125 g/mol. The van der Waals surface area contributed by atoms with E-state index < -0.39 is 0 Å². The Morgan fingerprint density at radius 1 is 1.11 bits per heavy atom. The van der Waals surface area contributed by atoms with Gasteiger partial charge in [-0.05, 0) is 31.9 Å². The van der Waals surface area contributed by atoms with Crippen LogP contribution in [0.25, 0.3) is 0 Å². The SMILES string of the molecule is C=CCCCCCC=N. The van der Waals surface area contributed by atoms with Crippen LogP contribution in [0.4, 0.5) is 0 Å². The van der Waals surface area contributed by atoms with Gasteiger partial charge in [0.1, 0.15) is 0 Å². The van der Waals surface area contributed by atoms with Crippen molar-refractivity contribution < 1.29 is 0 Å². The molecular formula is C8H15N. The number of nitrogens with one attached hydrogen (secondary N) is 1. The molecule has 0 aromatic heterocycles. The first-order valence-electron chi connectivity index (χ1n) is 3.51. The molecule has 0 radical (unpaired) electrons. The summed E-state index contributed by atoms with van der Waals surface area (Å²) in [6.07, 6.45) is 9.13. The molecule has 0 aromatic carbocycles. The van der Waals surface area contributed by atoms with Crippen molar-refractivity contribution in [2.24, 2.45) is 0 Å². The van der Waals surface area contributed by atoms with Crippen LogP contribution in [0, 0.1) is 5.41 Å². The zero-order valence-electron chi connectivity index (χ0n) is 5.90. The van der Waals surface area contributed by atoms with Gasteiger partial charge >= 0.3 is 0 Å². The molecule has 0 atom stereocenters. The first-order chi connectivity index (χ1) is 4.41. The van der Waals surface area contributed by atoms with Gasteiger partial charge in [0.05, 0.1) is 0 Å². The van der Waals surface area contributed by atoms with Gasteiger partial charge in [-0.2, -0.15) is 0 Å². The van der Waals surface area contributed by atoms with Crippen molar-refractivity contribution >= 4 is 6.21 Å². The Morgan fingerprint density at radius 2 is 1.78 bits per heavy atom. The maximum atomic E-state index is 6.74. The average Bonchev–Trinajstić information content (AvgIpc) is 1.89. The molecule has 0 amide bonds. The molecule has 0 spiro atoms. The molecule has 0 aliphatic heterocycles. The number of unbranched alkanes of at least 4 members (excludes halogenated alkanes) is 4. The first-order valence-corrected chi connectivity index (χ1v) is 3.51.